The smallest absolute Gasteiger partial charge is 0.218 e. The highest BCUT2D eigenvalue weighted by Crippen LogP contribution is 2.16. The van der Waals surface area contributed by atoms with E-state index < -0.39 is 6.10 Å². The van der Waals surface area contributed by atoms with E-state index in [1.807, 2.05) is 31.2 Å². The molecule has 0 aliphatic rings. The monoisotopic (exact) mass is 330 g/mol. The summed E-state index contributed by atoms with van der Waals surface area (Å²) in [4.78, 5) is 10.7. The van der Waals surface area contributed by atoms with Crippen LogP contribution in [0.3, 0.4) is 0 Å². The second kappa shape index (κ2) is 8.14. The van der Waals surface area contributed by atoms with Crippen LogP contribution >= 0.6 is 15.9 Å². The van der Waals surface area contributed by atoms with Crippen LogP contribution in [0.1, 0.15) is 13.3 Å². The number of amides is 1. The Bertz CT molecular complexity index is 397. The zero-order valence-electron chi connectivity index (χ0n) is 10.8. The van der Waals surface area contributed by atoms with E-state index in [4.69, 9.17) is 10.5 Å². The Morgan fingerprint density at radius 3 is 2.68 bits per heavy atom. The summed E-state index contributed by atoms with van der Waals surface area (Å²) in [7, 11) is 0. The van der Waals surface area contributed by atoms with E-state index in [-0.39, 0.29) is 25.0 Å². The molecule has 106 valence electrons. The quantitative estimate of drug-likeness (QED) is 0.665. The van der Waals surface area contributed by atoms with Gasteiger partial charge in [-0.1, -0.05) is 15.9 Å². The Hall–Kier alpha value is -1.11. The minimum absolute atomic E-state index is 0.0557. The van der Waals surface area contributed by atoms with Crippen molar-refractivity contribution >= 4 is 21.8 Å². The molecule has 0 saturated heterocycles. The van der Waals surface area contributed by atoms with Gasteiger partial charge in [0, 0.05) is 23.5 Å². The predicted octanol–water partition coefficient (Wildman–Crippen LogP) is 1.04. The van der Waals surface area contributed by atoms with Crippen LogP contribution < -0.4 is 15.8 Å². The lowest BCUT2D eigenvalue weighted by Gasteiger charge is -2.16. The molecule has 0 aliphatic heterocycles. The third kappa shape index (κ3) is 7.15. The summed E-state index contributed by atoms with van der Waals surface area (Å²) in [5.74, 6) is 0.341. The van der Waals surface area contributed by atoms with Crippen molar-refractivity contribution in [1.29, 1.82) is 0 Å². The lowest BCUT2D eigenvalue weighted by atomic mass is 10.2. The second-order valence-electron chi connectivity index (χ2n) is 4.40. The molecular formula is C13H19BrN2O3. The Morgan fingerprint density at radius 2 is 2.11 bits per heavy atom. The third-order valence-electron chi connectivity index (χ3n) is 2.47. The molecule has 0 saturated carbocycles. The Labute approximate surface area is 121 Å². The van der Waals surface area contributed by atoms with Gasteiger partial charge in [-0.05, 0) is 31.2 Å². The van der Waals surface area contributed by atoms with Gasteiger partial charge in [-0.15, -0.1) is 0 Å². The fourth-order valence-electron chi connectivity index (χ4n) is 1.49. The molecule has 4 N–H and O–H groups in total. The number of aliphatic hydroxyl groups excluding tert-OH is 1. The molecule has 0 fully saturated rings. The summed E-state index contributed by atoms with van der Waals surface area (Å²) in [6.45, 7) is 2.38. The topological polar surface area (TPSA) is 84.6 Å². The lowest BCUT2D eigenvalue weighted by Crippen LogP contribution is -2.38. The Balaban J connectivity index is 2.22. The van der Waals surface area contributed by atoms with E-state index in [9.17, 15) is 9.90 Å². The molecule has 2 unspecified atom stereocenters. The average molecular weight is 331 g/mol. The molecular weight excluding hydrogens is 312 g/mol. The van der Waals surface area contributed by atoms with Crippen molar-refractivity contribution in [2.75, 3.05) is 13.2 Å². The number of carbonyl (C=O) groups is 1. The maximum Gasteiger partial charge on any atom is 0.218 e. The number of hydrogen-bond acceptors (Lipinski definition) is 4. The zero-order valence-corrected chi connectivity index (χ0v) is 12.4. The molecule has 1 aromatic carbocycles. The van der Waals surface area contributed by atoms with E-state index in [0.717, 1.165) is 4.47 Å². The fourth-order valence-corrected chi connectivity index (χ4v) is 1.76. The molecule has 1 amide bonds. The van der Waals surface area contributed by atoms with Gasteiger partial charge in [0.2, 0.25) is 5.91 Å². The first-order chi connectivity index (χ1) is 8.97. The minimum atomic E-state index is -0.640. The van der Waals surface area contributed by atoms with Crippen molar-refractivity contribution < 1.29 is 14.6 Å². The first-order valence-electron chi connectivity index (χ1n) is 6.05. The van der Waals surface area contributed by atoms with Gasteiger partial charge >= 0.3 is 0 Å². The third-order valence-corrected chi connectivity index (χ3v) is 2.99. The van der Waals surface area contributed by atoms with Crippen molar-refractivity contribution in [1.82, 2.24) is 5.32 Å². The molecule has 0 heterocycles. The van der Waals surface area contributed by atoms with Gasteiger partial charge in [0.05, 0.1) is 0 Å². The number of aliphatic hydroxyl groups is 1. The number of benzene rings is 1. The molecule has 19 heavy (non-hydrogen) atoms. The first kappa shape index (κ1) is 15.9. The maximum absolute atomic E-state index is 10.7. The summed E-state index contributed by atoms with van der Waals surface area (Å²) in [6.07, 6.45) is -0.390. The second-order valence-corrected chi connectivity index (χ2v) is 5.31. The molecule has 0 bridgehead atoms. The molecule has 5 nitrogen and oxygen atoms in total. The highest BCUT2D eigenvalue weighted by Gasteiger charge is 2.09. The number of hydrogen-bond donors (Lipinski definition) is 3. The summed E-state index contributed by atoms with van der Waals surface area (Å²) in [5, 5.41) is 12.8. The SMILES string of the molecule is CC(CC(N)=O)NCC(O)COc1ccc(Br)cc1. The molecule has 1 rings (SSSR count). The van der Waals surface area contributed by atoms with E-state index in [2.05, 4.69) is 21.2 Å². The van der Waals surface area contributed by atoms with Crippen LogP contribution in [0.5, 0.6) is 5.75 Å². The number of nitrogens with two attached hydrogens (primary N) is 1. The number of ether oxygens (including phenoxy) is 1. The van der Waals surface area contributed by atoms with E-state index >= 15 is 0 Å². The zero-order chi connectivity index (χ0) is 14.3. The number of rotatable bonds is 8. The van der Waals surface area contributed by atoms with Gasteiger partial charge in [-0.3, -0.25) is 4.79 Å². The minimum Gasteiger partial charge on any atom is -0.491 e. The Kier molecular flexibility index (Phi) is 6.83. The van der Waals surface area contributed by atoms with E-state index in [0.29, 0.717) is 12.3 Å². The van der Waals surface area contributed by atoms with Crippen molar-refractivity contribution in [3.63, 3.8) is 0 Å². The molecule has 2 atom stereocenters. The summed E-state index contributed by atoms with van der Waals surface area (Å²) in [5.41, 5.74) is 5.08. The summed E-state index contributed by atoms with van der Waals surface area (Å²) < 4.78 is 6.41. The van der Waals surface area contributed by atoms with Gasteiger partial charge in [0.25, 0.3) is 0 Å². The Morgan fingerprint density at radius 1 is 1.47 bits per heavy atom. The number of nitrogens with one attached hydrogen (secondary N) is 1. The van der Waals surface area contributed by atoms with E-state index in [1.165, 1.54) is 0 Å². The number of carbonyl (C=O) groups excluding carboxylic acids is 1. The first-order valence-corrected chi connectivity index (χ1v) is 6.85. The number of primary amides is 1. The van der Waals surface area contributed by atoms with Crippen LogP contribution in [0.2, 0.25) is 0 Å². The molecule has 6 heteroatoms. The number of halogens is 1. The standard InChI is InChI=1S/C13H19BrN2O3/c1-9(6-13(15)18)16-7-11(17)8-19-12-4-2-10(14)3-5-12/h2-5,9,11,16-17H,6-8H2,1H3,(H2,15,18). The van der Waals surface area contributed by atoms with Crippen LogP contribution in [-0.2, 0) is 4.79 Å². The average Bonchev–Trinajstić information content (AvgIpc) is 2.35. The van der Waals surface area contributed by atoms with Gasteiger partial charge in [0.1, 0.15) is 18.5 Å². The fraction of sp³-hybridized carbons (Fsp3) is 0.462. The lowest BCUT2D eigenvalue weighted by molar-refractivity contribution is -0.118. The van der Waals surface area contributed by atoms with Crippen molar-refractivity contribution in [3.05, 3.63) is 28.7 Å². The normalized spacial score (nSPS) is 13.8. The highest BCUT2D eigenvalue weighted by atomic mass is 79.9. The summed E-state index contributed by atoms with van der Waals surface area (Å²) in [6, 6.07) is 7.32. The molecule has 1 aromatic rings. The van der Waals surface area contributed by atoms with Gasteiger partial charge < -0.3 is 20.9 Å². The van der Waals surface area contributed by atoms with Gasteiger partial charge in [-0.25, -0.2) is 0 Å². The van der Waals surface area contributed by atoms with Gasteiger partial charge in [-0.2, -0.15) is 0 Å². The molecule has 0 aromatic heterocycles. The highest BCUT2D eigenvalue weighted by molar-refractivity contribution is 9.10. The van der Waals surface area contributed by atoms with E-state index in [1.54, 1.807) is 0 Å². The molecule has 0 aliphatic carbocycles. The molecule has 0 radical (unpaired) electrons. The van der Waals surface area contributed by atoms with Crippen LogP contribution in [0.4, 0.5) is 0 Å². The van der Waals surface area contributed by atoms with Crippen molar-refractivity contribution in [2.45, 2.75) is 25.5 Å². The summed E-state index contributed by atoms with van der Waals surface area (Å²) >= 11 is 3.33. The largest absolute Gasteiger partial charge is 0.491 e. The van der Waals surface area contributed by atoms with Crippen LogP contribution in [0, 0.1) is 0 Å². The maximum atomic E-state index is 10.7. The van der Waals surface area contributed by atoms with Gasteiger partial charge in [0.15, 0.2) is 0 Å². The van der Waals surface area contributed by atoms with Crippen LogP contribution in [0.25, 0.3) is 0 Å². The molecule has 0 spiro atoms. The van der Waals surface area contributed by atoms with Crippen molar-refractivity contribution in [2.24, 2.45) is 5.73 Å². The van der Waals surface area contributed by atoms with Crippen LogP contribution in [-0.4, -0.2) is 36.3 Å². The van der Waals surface area contributed by atoms with Crippen LogP contribution in [0.15, 0.2) is 28.7 Å². The predicted molar refractivity (Wildman–Crippen MR) is 76.9 cm³/mol. The van der Waals surface area contributed by atoms with Crippen molar-refractivity contribution in [3.8, 4) is 5.75 Å².